The maximum absolute atomic E-state index is 12.0. The molecule has 21 heavy (non-hydrogen) atoms. The van der Waals surface area contributed by atoms with Crippen molar-refractivity contribution in [2.24, 2.45) is 0 Å². The molecule has 0 bridgehead atoms. The van der Waals surface area contributed by atoms with Crippen molar-refractivity contribution in [1.29, 1.82) is 0 Å². The van der Waals surface area contributed by atoms with Crippen LogP contribution in [0.3, 0.4) is 0 Å². The molecule has 110 valence electrons. The first kappa shape index (κ1) is 15.7. The maximum Gasteiger partial charge on any atom is 0.261 e. The lowest BCUT2D eigenvalue weighted by Crippen LogP contribution is -2.35. The van der Waals surface area contributed by atoms with Crippen molar-refractivity contribution in [3.63, 3.8) is 0 Å². The van der Waals surface area contributed by atoms with Crippen molar-refractivity contribution in [3.05, 3.63) is 64.1 Å². The fraction of sp³-hybridized carbons (Fsp3) is 0.188. The van der Waals surface area contributed by atoms with Crippen LogP contribution in [0.2, 0.25) is 10.0 Å². The first-order chi connectivity index (χ1) is 10.0. The molecular formula is C16H15Cl2NO2. The molecule has 2 aromatic carbocycles. The lowest BCUT2D eigenvalue weighted by molar-refractivity contribution is -0.127. The van der Waals surface area contributed by atoms with E-state index in [4.69, 9.17) is 27.9 Å². The molecule has 0 spiro atoms. The van der Waals surface area contributed by atoms with Gasteiger partial charge in [0.2, 0.25) is 0 Å². The lowest BCUT2D eigenvalue weighted by atomic mass is 10.2. The van der Waals surface area contributed by atoms with Gasteiger partial charge in [0.1, 0.15) is 5.75 Å². The number of carbonyl (C=O) groups is 1. The Bertz CT molecular complexity index is 614. The Morgan fingerprint density at radius 1 is 1.14 bits per heavy atom. The van der Waals surface area contributed by atoms with E-state index >= 15 is 0 Å². The van der Waals surface area contributed by atoms with Crippen LogP contribution >= 0.6 is 23.2 Å². The minimum absolute atomic E-state index is 0.190. The number of carbonyl (C=O) groups excluding carboxylic acids is 1. The summed E-state index contributed by atoms with van der Waals surface area (Å²) in [5, 5.41) is 4.05. The summed E-state index contributed by atoms with van der Waals surface area (Å²) in [6, 6.07) is 14.3. The fourth-order valence-electron chi connectivity index (χ4n) is 1.73. The predicted octanol–water partition coefficient (Wildman–Crippen LogP) is 4.08. The van der Waals surface area contributed by atoms with Crippen LogP contribution in [0.25, 0.3) is 0 Å². The van der Waals surface area contributed by atoms with Gasteiger partial charge in [-0.3, -0.25) is 4.79 Å². The molecule has 1 amide bonds. The molecule has 0 fully saturated rings. The quantitative estimate of drug-likeness (QED) is 0.900. The number of amides is 1. The Labute approximate surface area is 133 Å². The summed E-state index contributed by atoms with van der Waals surface area (Å²) in [5.41, 5.74) is 0.975. The molecule has 0 heterocycles. The molecule has 0 aliphatic rings. The lowest BCUT2D eigenvalue weighted by Gasteiger charge is -2.15. The number of hydrogen-bond donors (Lipinski definition) is 1. The molecule has 5 heteroatoms. The smallest absolute Gasteiger partial charge is 0.261 e. The van der Waals surface area contributed by atoms with Crippen molar-refractivity contribution in [3.8, 4) is 5.75 Å². The van der Waals surface area contributed by atoms with Crippen molar-refractivity contribution in [2.75, 3.05) is 0 Å². The van der Waals surface area contributed by atoms with E-state index in [1.54, 1.807) is 43.3 Å². The SMILES string of the molecule is C[C@@H](Oc1cccc(Cl)c1)C(=O)NCc1ccc(Cl)cc1. The number of rotatable bonds is 5. The normalized spacial score (nSPS) is 11.8. The largest absolute Gasteiger partial charge is 0.481 e. The molecule has 3 nitrogen and oxygen atoms in total. The van der Waals surface area contributed by atoms with Crippen LogP contribution in [0, 0.1) is 0 Å². The van der Waals surface area contributed by atoms with Gasteiger partial charge in [-0.1, -0.05) is 41.4 Å². The van der Waals surface area contributed by atoms with Gasteiger partial charge < -0.3 is 10.1 Å². The van der Waals surface area contributed by atoms with E-state index in [9.17, 15) is 4.79 Å². The summed E-state index contributed by atoms with van der Waals surface area (Å²) >= 11 is 11.7. The molecule has 0 saturated heterocycles. The zero-order valence-corrected chi connectivity index (χ0v) is 13.0. The van der Waals surface area contributed by atoms with E-state index in [0.29, 0.717) is 22.3 Å². The van der Waals surface area contributed by atoms with E-state index in [1.165, 1.54) is 0 Å². The third-order valence-corrected chi connectivity index (χ3v) is 3.35. The van der Waals surface area contributed by atoms with Gasteiger partial charge in [0.25, 0.3) is 5.91 Å². The van der Waals surface area contributed by atoms with Crippen LogP contribution in [-0.4, -0.2) is 12.0 Å². The van der Waals surface area contributed by atoms with E-state index in [2.05, 4.69) is 5.32 Å². The molecule has 2 rings (SSSR count). The second-order valence-electron chi connectivity index (χ2n) is 4.56. The van der Waals surface area contributed by atoms with Crippen LogP contribution in [0.1, 0.15) is 12.5 Å². The summed E-state index contributed by atoms with van der Waals surface area (Å²) in [6.45, 7) is 2.12. The van der Waals surface area contributed by atoms with E-state index < -0.39 is 6.10 Å². The average Bonchev–Trinajstić information content (AvgIpc) is 2.46. The zero-order valence-electron chi connectivity index (χ0n) is 11.5. The van der Waals surface area contributed by atoms with Gasteiger partial charge in [0.05, 0.1) is 0 Å². The summed E-state index contributed by atoms with van der Waals surface area (Å²) in [6.07, 6.45) is -0.601. The molecule has 0 unspecified atom stereocenters. The minimum atomic E-state index is -0.601. The number of halogens is 2. The molecule has 0 saturated carbocycles. The molecule has 0 aromatic heterocycles. The van der Waals surface area contributed by atoms with Gasteiger partial charge in [-0.15, -0.1) is 0 Å². The number of hydrogen-bond acceptors (Lipinski definition) is 2. The summed E-state index contributed by atoms with van der Waals surface area (Å²) < 4.78 is 5.55. The third-order valence-electron chi connectivity index (χ3n) is 2.86. The molecule has 1 atom stereocenters. The topological polar surface area (TPSA) is 38.3 Å². The molecule has 2 aromatic rings. The highest BCUT2D eigenvalue weighted by Crippen LogP contribution is 2.18. The van der Waals surface area contributed by atoms with Gasteiger partial charge in [-0.2, -0.15) is 0 Å². The summed E-state index contributed by atoms with van der Waals surface area (Å²) in [7, 11) is 0. The highest BCUT2D eigenvalue weighted by atomic mass is 35.5. The molecule has 0 aliphatic heterocycles. The van der Waals surface area contributed by atoms with Crippen molar-refractivity contribution in [2.45, 2.75) is 19.6 Å². The van der Waals surface area contributed by atoms with Gasteiger partial charge in [0.15, 0.2) is 6.10 Å². The Morgan fingerprint density at radius 3 is 2.52 bits per heavy atom. The Hall–Kier alpha value is -1.71. The molecule has 0 aliphatic carbocycles. The third kappa shape index (κ3) is 4.96. The van der Waals surface area contributed by atoms with E-state index in [1.807, 2.05) is 12.1 Å². The van der Waals surface area contributed by atoms with Crippen LogP contribution in [0.15, 0.2) is 48.5 Å². The van der Waals surface area contributed by atoms with E-state index in [0.717, 1.165) is 5.56 Å². The maximum atomic E-state index is 12.0. The van der Waals surface area contributed by atoms with Crippen LogP contribution < -0.4 is 10.1 Å². The summed E-state index contributed by atoms with van der Waals surface area (Å²) in [4.78, 5) is 12.0. The second kappa shape index (κ2) is 7.34. The molecule has 0 radical (unpaired) electrons. The number of nitrogens with one attached hydrogen (secondary N) is 1. The monoisotopic (exact) mass is 323 g/mol. The second-order valence-corrected chi connectivity index (χ2v) is 5.43. The van der Waals surface area contributed by atoms with Gasteiger partial charge in [-0.25, -0.2) is 0 Å². The number of ether oxygens (including phenoxy) is 1. The van der Waals surface area contributed by atoms with Crippen LogP contribution in [-0.2, 0) is 11.3 Å². The zero-order chi connectivity index (χ0) is 15.2. The van der Waals surface area contributed by atoms with Crippen LogP contribution in [0.4, 0.5) is 0 Å². The molecular weight excluding hydrogens is 309 g/mol. The van der Waals surface area contributed by atoms with E-state index in [-0.39, 0.29) is 5.91 Å². The Morgan fingerprint density at radius 2 is 1.86 bits per heavy atom. The molecule has 1 N–H and O–H groups in total. The van der Waals surface area contributed by atoms with Gasteiger partial charge in [-0.05, 0) is 42.8 Å². The minimum Gasteiger partial charge on any atom is -0.481 e. The Balaban J connectivity index is 1.86. The van der Waals surface area contributed by atoms with Crippen molar-refractivity contribution >= 4 is 29.1 Å². The average molecular weight is 324 g/mol. The highest BCUT2D eigenvalue weighted by molar-refractivity contribution is 6.30. The Kier molecular flexibility index (Phi) is 5.48. The first-order valence-electron chi connectivity index (χ1n) is 6.49. The summed E-state index contributed by atoms with van der Waals surface area (Å²) in [5.74, 6) is 0.376. The van der Waals surface area contributed by atoms with Crippen molar-refractivity contribution < 1.29 is 9.53 Å². The first-order valence-corrected chi connectivity index (χ1v) is 7.24. The van der Waals surface area contributed by atoms with Gasteiger partial charge >= 0.3 is 0 Å². The van der Waals surface area contributed by atoms with Gasteiger partial charge in [0, 0.05) is 16.6 Å². The number of benzene rings is 2. The predicted molar refractivity (Wildman–Crippen MR) is 84.8 cm³/mol. The van der Waals surface area contributed by atoms with Crippen LogP contribution in [0.5, 0.6) is 5.75 Å². The fourth-order valence-corrected chi connectivity index (χ4v) is 2.04. The highest BCUT2D eigenvalue weighted by Gasteiger charge is 2.14. The van der Waals surface area contributed by atoms with Crippen molar-refractivity contribution in [1.82, 2.24) is 5.32 Å². The standard InChI is InChI=1S/C16H15Cl2NO2/c1-11(21-15-4-2-3-14(18)9-15)16(20)19-10-12-5-7-13(17)8-6-12/h2-9,11H,10H2,1H3,(H,19,20)/t11-/m1/s1.